The van der Waals surface area contributed by atoms with E-state index < -0.39 is 0 Å². The molecule has 0 spiro atoms. The number of amides is 1. The molecule has 0 radical (unpaired) electrons. The minimum Gasteiger partial charge on any atom is -0.306 e. The van der Waals surface area contributed by atoms with Crippen molar-refractivity contribution in [2.45, 2.75) is 20.0 Å². The van der Waals surface area contributed by atoms with Crippen molar-refractivity contribution in [3.8, 4) is 0 Å². The molecule has 0 aliphatic carbocycles. The molecular weight excluding hydrogens is 314 g/mol. The number of nitrogens with zero attached hydrogens (tertiary/aromatic N) is 3. The van der Waals surface area contributed by atoms with Crippen molar-refractivity contribution in [3.05, 3.63) is 94.7 Å². The highest BCUT2D eigenvalue weighted by Gasteiger charge is 2.17. The van der Waals surface area contributed by atoms with E-state index in [4.69, 9.17) is 0 Å². The molecule has 0 N–H and O–H groups in total. The number of rotatable bonds is 5. The Hall–Kier alpha value is -3.21. The maximum Gasteiger partial charge on any atom is 0.253 e. The first-order chi connectivity index (χ1) is 12.1. The van der Waals surface area contributed by atoms with Crippen LogP contribution in [-0.4, -0.2) is 15.5 Å². The number of para-hydroxylation sites is 1. The second-order valence-electron chi connectivity index (χ2n) is 5.80. The molecule has 0 fully saturated rings. The topological polar surface area (TPSA) is 55.2 Å². The normalized spacial score (nSPS) is 10.4. The van der Waals surface area contributed by atoms with Crippen molar-refractivity contribution in [1.82, 2.24) is 9.55 Å². The Morgan fingerprint density at radius 2 is 1.68 bits per heavy atom. The monoisotopic (exact) mass is 333 g/mol. The van der Waals surface area contributed by atoms with Gasteiger partial charge in [0.25, 0.3) is 5.56 Å². The van der Waals surface area contributed by atoms with E-state index in [0.29, 0.717) is 12.2 Å². The highest BCUT2D eigenvalue weighted by atomic mass is 16.2. The van der Waals surface area contributed by atoms with Crippen molar-refractivity contribution in [3.63, 3.8) is 0 Å². The molecule has 0 saturated carbocycles. The van der Waals surface area contributed by atoms with Gasteiger partial charge in [-0.3, -0.25) is 14.2 Å². The van der Waals surface area contributed by atoms with Crippen LogP contribution < -0.4 is 10.5 Å². The second kappa shape index (κ2) is 7.57. The zero-order valence-electron chi connectivity index (χ0n) is 14.0. The van der Waals surface area contributed by atoms with E-state index in [-0.39, 0.29) is 18.0 Å². The molecule has 0 atom stereocenters. The largest absolute Gasteiger partial charge is 0.306 e. The summed E-state index contributed by atoms with van der Waals surface area (Å²) < 4.78 is 1.33. The van der Waals surface area contributed by atoms with Gasteiger partial charge in [0, 0.05) is 17.4 Å². The average molecular weight is 333 g/mol. The summed E-state index contributed by atoms with van der Waals surface area (Å²) in [6, 6.07) is 20.7. The number of carbonyl (C=O) groups excluding carboxylic acids is 1. The summed E-state index contributed by atoms with van der Waals surface area (Å²) in [5.74, 6) is -0.164. The van der Waals surface area contributed by atoms with Crippen molar-refractivity contribution in [2.24, 2.45) is 0 Å². The van der Waals surface area contributed by atoms with Crippen LogP contribution in [0.3, 0.4) is 0 Å². The lowest BCUT2D eigenvalue weighted by Crippen LogP contribution is -2.36. The van der Waals surface area contributed by atoms with Crippen LogP contribution in [0.4, 0.5) is 5.69 Å². The average Bonchev–Trinajstić information content (AvgIpc) is 2.63. The lowest BCUT2D eigenvalue weighted by atomic mass is 10.2. The molecule has 126 valence electrons. The summed E-state index contributed by atoms with van der Waals surface area (Å²) in [5.41, 5.74) is 2.23. The number of benzene rings is 2. The Balaban J connectivity index is 1.88. The number of carbonyl (C=O) groups is 1. The maximum absolute atomic E-state index is 12.9. The van der Waals surface area contributed by atoms with E-state index in [1.807, 2.05) is 60.7 Å². The predicted molar refractivity (Wildman–Crippen MR) is 97.3 cm³/mol. The first-order valence-corrected chi connectivity index (χ1v) is 8.06. The molecule has 1 amide bonds. The van der Waals surface area contributed by atoms with Gasteiger partial charge in [-0.05, 0) is 24.6 Å². The van der Waals surface area contributed by atoms with E-state index in [9.17, 15) is 9.59 Å². The van der Waals surface area contributed by atoms with Gasteiger partial charge in [0.1, 0.15) is 6.54 Å². The quantitative estimate of drug-likeness (QED) is 0.721. The molecule has 0 unspecified atom stereocenters. The highest BCUT2D eigenvalue weighted by molar-refractivity contribution is 5.93. The first kappa shape index (κ1) is 16.6. The number of aromatic nitrogens is 2. The molecule has 1 heterocycles. The molecule has 1 aromatic heterocycles. The molecule has 0 bridgehead atoms. The van der Waals surface area contributed by atoms with Gasteiger partial charge in [0.15, 0.2) is 0 Å². The molecule has 2 aromatic carbocycles. The Morgan fingerprint density at radius 3 is 2.32 bits per heavy atom. The van der Waals surface area contributed by atoms with Crippen LogP contribution in [0.15, 0.2) is 77.9 Å². The Labute approximate surface area is 146 Å². The minimum absolute atomic E-state index is 0.0478. The van der Waals surface area contributed by atoms with Crippen LogP contribution in [0.1, 0.15) is 11.3 Å². The van der Waals surface area contributed by atoms with Gasteiger partial charge < -0.3 is 4.90 Å². The fraction of sp³-hybridized carbons (Fsp3) is 0.150. The van der Waals surface area contributed by atoms with Gasteiger partial charge in [-0.25, -0.2) is 4.98 Å². The van der Waals surface area contributed by atoms with Gasteiger partial charge in [0.2, 0.25) is 5.91 Å². The summed E-state index contributed by atoms with van der Waals surface area (Å²) in [7, 11) is 0. The Morgan fingerprint density at radius 1 is 1.04 bits per heavy atom. The SMILES string of the molecule is Cc1cc(=O)n(CC(=O)N(Cc2ccccc2)c2ccccc2)cn1. The Kier molecular flexibility index (Phi) is 5.04. The van der Waals surface area contributed by atoms with Crippen LogP contribution in [0.25, 0.3) is 0 Å². The lowest BCUT2D eigenvalue weighted by Gasteiger charge is -2.23. The number of hydrogen-bond donors (Lipinski definition) is 0. The Bertz CT molecular complexity index is 905. The predicted octanol–water partition coefficient (Wildman–Crippen LogP) is 2.79. The van der Waals surface area contributed by atoms with Crippen LogP contribution in [0.5, 0.6) is 0 Å². The van der Waals surface area contributed by atoms with Crippen LogP contribution >= 0.6 is 0 Å². The van der Waals surface area contributed by atoms with E-state index >= 15 is 0 Å². The third kappa shape index (κ3) is 4.20. The number of anilines is 1. The molecule has 3 aromatic rings. The van der Waals surface area contributed by atoms with Gasteiger partial charge in [-0.1, -0.05) is 48.5 Å². The fourth-order valence-corrected chi connectivity index (χ4v) is 2.56. The van der Waals surface area contributed by atoms with Crippen molar-refractivity contribution in [1.29, 1.82) is 0 Å². The summed E-state index contributed by atoms with van der Waals surface area (Å²) in [4.78, 5) is 30.7. The maximum atomic E-state index is 12.9. The molecule has 0 saturated heterocycles. The van der Waals surface area contributed by atoms with Gasteiger partial charge in [-0.2, -0.15) is 0 Å². The fourth-order valence-electron chi connectivity index (χ4n) is 2.56. The summed E-state index contributed by atoms with van der Waals surface area (Å²) in [5, 5.41) is 0. The van der Waals surface area contributed by atoms with E-state index in [1.165, 1.54) is 17.0 Å². The molecule has 25 heavy (non-hydrogen) atoms. The standard InChI is InChI=1S/C20H19N3O2/c1-16-12-19(24)22(15-21-16)14-20(25)23(18-10-6-3-7-11-18)13-17-8-4-2-5-9-17/h2-12,15H,13-14H2,1H3. The van der Waals surface area contributed by atoms with Crippen molar-refractivity contribution < 1.29 is 4.79 Å². The molecule has 5 heteroatoms. The smallest absolute Gasteiger partial charge is 0.253 e. The van der Waals surface area contributed by atoms with Gasteiger partial charge in [0.05, 0.1) is 12.9 Å². The summed E-state index contributed by atoms with van der Waals surface area (Å²) in [6.45, 7) is 2.14. The molecule has 0 aliphatic heterocycles. The first-order valence-electron chi connectivity index (χ1n) is 8.06. The summed E-state index contributed by atoms with van der Waals surface area (Å²) >= 11 is 0. The van der Waals surface area contributed by atoms with E-state index in [0.717, 1.165) is 11.3 Å². The highest BCUT2D eigenvalue weighted by Crippen LogP contribution is 2.17. The van der Waals surface area contributed by atoms with Crippen LogP contribution in [0.2, 0.25) is 0 Å². The summed E-state index contributed by atoms with van der Waals surface area (Å²) in [6.07, 6.45) is 1.42. The zero-order chi connectivity index (χ0) is 17.6. The second-order valence-corrected chi connectivity index (χ2v) is 5.80. The number of hydrogen-bond acceptors (Lipinski definition) is 3. The number of aryl methyl sites for hydroxylation is 1. The lowest BCUT2D eigenvalue weighted by molar-refractivity contribution is -0.119. The minimum atomic E-state index is -0.228. The van der Waals surface area contributed by atoms with Crippen molar-refractivity contribution >= 4 is 11.6 Å². The van der Waals surface area contributed by atoms with Gasteiger partial charge >= 0.3 is 0 Å². The third-order valence-corrected chi connectivity index (χ3v) is 3.87. The zero-order valence-corrected chi connectivity index (χ0v) is 14.0. The van der Waals surface area contributed by atoms with Crippen LogP contribution in [-0.2, 0) is 17.9 Å². The van der Waals surface area contributed by atoms with Gasteiger partial charge in [-0.15, -0.1) is 0 Å². The molecule has 0 aliphatic rings. The third-order valence-electron chi connectivity index (χ3n) is 3.87. The molecular formula is C20H19N3O2. The molecule has 5 nitrogen and oxygen atoms in total. The molecule has 3 rings (SSSR count). The van der Waals surface area contributed by atoms with Crippen molar-refractivity contribution in [2.75, 3.05) is 4.90 Å². The van der Waals surface area contributed by atoms with Crippen LogP contribution in [0, 0.1) is 6.92 Å². The van der Waals surface area contributed by atoms with E-state index in [2.05, 4.69) is 4.98 Å². The van der Waals surface area contributed by atoms with E-state index in [1.54, 1.807) is 11.8 Å².